The average molecular weight is 355 g/mol. The van der Waals surface area contributed by atoms with Gasteiger partial charge in [-0.05, 0) is 42.3 Å². The number of amides is 1. The van der Waals surface area contributed by atoms with Crippen molar-refractivity contribution >= 4 is 17.8 Å². The highest BCUT2D eigenvalue weighted by molar-refractivity contribution is 5.89. The van der Waals surface area contributed by atoms with Crippen LogP contribution in [0.4, 0.5) is 5.69 Å². The summed E-state index contributed by atoms with van der Waals surface area (Å²) < 4.78 is 15.9. The SMILES string of the molecule is Cc1cccc(OCC(=O)N/N=C/c2cc3c(cc2N=O)OCO3)c1C. The Morgan fingerprint density at radius 3 is 2.81 bits per heavy atom. The summed E-state index contributed by atoms with van der Waals surface area (Å²) in [7, 11) is 0. The topological polar surface area (TPSA) is 98.6 Å². The minimum Gasteiger partial charge on any atom is -0.483 e. The van der Waals surface area contributed by atoms with Gasteiger partial charge in [0.2, 0.25) is 6.79 Å². The number of hydrazone groups is 1. The molecule has 0 aliphatic carbocycles. The molecule has 0 bridgehead atoms. The average Bonchev–Trinajstić information content (AvgIpc) is 3.09. The van der Waals surface area contributed by atoms with E-state index in [1.165, 1.54) is 12.3 Å². The van der Waals surface area contributed by atoms with E-state index in [-0.39, 0.29) is 19.1 Å². The number of rotatable bonds is 6. The standard InChI is InChI=1S/C18H17N3O5/c1-11-4-3-5-15(12(11)2)24-9-18(22)20-19-8-13-6-16-17(26-10-25-16)7-14(13)21-23/h3-8H,9-10H2,1-2H3,(H,20,22)/b19-8+. The van der Waals surface area contributed by atoms with E-state index in [1.807, 2.05) is 26.0 Å². The van der Waals surface area contributed by atoms with Gasteiger partial charge in [-0.3, -0.25) is 4.79 Å². The Morgan fingerprint density at radius 1 is 1.27 bits per heavy atom. The van der Waals surface area contributed by atoms with Crippen LogP contribution in [0.2, 0.25) is 0 Å². The summed E-state index contributed by atoms with van der Waals surface area (Å²) in [5.41, 5.74) is 4.94. The van der Waals surface area contributed by atoms with Gasteiger partial charge in [-0.1, -0.05) is 12.1 Å². The lowest BCUT2D eigenvalue weighted by molar-refractivity contribution is -0.123. The monoisotopic (exact) mass is 355 g/mol. The second-order valence-corrected chi connectivity index (χ2v) is 5.64. The molecule has 0 atom stereocenters. The quantitative estimate of drug-likeness (QED) is 0.488. The largest absolute Gasteiger partial charge is 0.483 e. The van der Waals surface area contributed by atoms with Gasteiger partial charge in [0.15, 0.2) is 18.1 Å². The van der Waals surface area contributed by atoms with Gasteiger partial charge < -0.3 is 14.2 Å². The minimum absolute atomic E-state index is 0.0840. The molecule has 0 saturated heterocycles. The number of nitroso groups, excluding NO2 is 1. The van der Waals surface area contributed by atoms with Crippen molar-refractivity contribution in [2.75, 3.05) is 13.4 Å². The Labute approximate surface area is 149 Å². The van der Waals surface area contributed by atoms with E-state index in [2.05, 4.69) is 15.7 Å². The van der Waals surface area contributed by atoms with E-state index in [1.54, 1.807) is 12.1 Å². The van der Waals surface area contributed by atoms with Crippen LogP contribution in [0.1, 0.15) is 16.7 Å². The summed E-state index contributed by atoms with van der Waals surface area (Å²) in [5.74, 6) is 1.15. The Morgan fingerprint density at radius 2 is 2.04 bits per heavy atom. The number of nitrogens with zero attached hydrogens (tertiary/aromatic N) is 2. The van der Waals surface area contributed by atoms with E-state index in [9.17, 15) is 9.70 Å². The van der Waals surface area contributed by atoms with Gasteiger partial charge in [-0.25, -0.2) is 5.43 Å². The first-order valence-corrected chi connectivity index (χ1v) is 7.86. The molecule has 8 heteroatoms. The number of carbonyl (C=O) groups is 1. The molecular formula is C18H17N3O5. The number of hydrogen-bond donors (Lipinski definition) is 1. The predicted octanol–water partition coefficient (Wildman–Crippen LogP) is 2.96. The molecule has 26 heavy (non-hydrogen) atoms. The maximum atomic E-state index is 11.9. The van der Waals surface area contributed by atoms with E-state index in [0.717, 1.165) is 11.1 Å². The Kier molecular flexibility index (Phi) is 5.12. The smallest absolute Gasteiger partial charge is 0.277 e. The van der Waals surface area contributed by atoms with Gasteiger partial charge in [0.1, 0.15) is 11.4 Å². The molecule has 134 valence electrons. The number of aryl methyl sites for hydroxylation is 1. The molecule has 1 amide bonds. The lowest BCUT2D eigenvalue weighted by atomic mass is 10.1. The first-order chi connectivity index (χ1) is 12.6. The van der Waals surface area contributed by atoms with Crippen LogP contribution in [-0.4, -0.2) is 25.5 Å². The van der Waals surface area contributed by atoms with Crippen LogP contribution in [0.5, 0.6) is 17.2 Å². The summed E-state index contributed by atoms with van der Waals surface area (Å²) in [6.45, 7) is 3.80. The molecule has 1 N–H and O–H groups in total. The van der Waals surface area contributed by atoms with Crippen molar-refractivity contribution in [1.82, 2.24) is 5.43 Å². The molecule has 0 spiro atoms. The molecule has 8 nitrogen and oxygen atoms in total. The maximum absolute atomic E-state index is 11.9. The van der Waals surface area contributed by atoms with Gasteiger partial charge in [0.05, 0.1) is 6.21 Å². The molecule has 1 heterocycles. The summed E-state index contributed by atoms with van der Waals surface area (Å²) in [4.78, 5) is 22.8. The normalized spacial score (nSPS) is 12.2. The fraction of sp³-hybridized carbons (Fsp3) is 0.222. The number of benzene rings is 2. The van der Waals surface area contributed by atoms with Gasteiger partial charge in [-0.15, -0.1) is 4.91 Å². The minimum atomic E-state index is -0.427. The summed E-state index contributed by atoms with van der Waals surface area (Å²) in [6.07, 6.45) is 1.31. The Balaban J connectivity index is 1.59. The fourth-order valence-electron chi connectivity index (χ4n) is 2.36. The Hall–Kier alpha value is -3.42. The zero-order chi connectivity index (χ0) is 18.5. The summed E-state index contributed by atoms with van der Waals surface area (Å²) in [6, 6.07) is 8.66. The zero-order valence-corrected chi connectivity index (χ0v) is 14.3. The van der Waals surface area contributed by atoms with Gasteiger partial charge in [0.25, 0.3) is 5.91 Å². The second kappa shape index (κ2) is 7.64. The van der Waals surface area contributed by atoms with Crippen molar-refractivity contribution in [1.29, 1.82) is 0 Å². The zero-order valence-electron chi connectivity index (χ0n) is 14.3. The molecule has 0 saturated carbocycles. The summed E-state index contributed by atoms with van der Waals surface area (Å²) >= 11 is 0. The predicted molar refractivity (Wildman–Crippen MR) is 95.2 cm³/mol. The first-order valence-electron chi connectivity index (χ1n) is 7.86. The third-order valence-corrected chi connectivity index (χ3v) is 3.93. The van der Waals surface area contributed by atoms with Crippen LogP contribution in [0, 0.1) is 18.8 Å². The van der Waals surface area contributed by atoms with Crippen LogP contribution in [0.25, 0.3) is 0 Å². The molecule has 3 rings (SSSR count). The number of fused-ring (bicyclic) bond motifs is 1. The maximum Gasteiger partial charge on any atom is 0.277 e. The van der Waals surface area contributed by atoms with Crippen LogP contribution >= 0.6 is 0 Å². The van der Waals surface area contributed by atoms with Crippen LogP contribution in [0.15, 0.2) is 40.6 Å². The molecule has 2 aromatic rings. The van der Waals surface area contributed by atoms with Crippen molar-refractivity contribution < 1.29 is 19.0 Å². The van der Waals surface area contributed by atoms with Crippen LogP contribution < -0.4 is 19.6 Å². The second-order valence-electron chi connectivity index (χ2n) is 5.64. The van der Waals surface area contributed by atoms with Gasteiger partial charge in [-0.2, -0.15) is 5.10 Å². The van der Waals surface area contributed by atoms with Crippen molar-refractivity contribution in [3.05, 3.63) is 51.9 Å². The lowest BCUT2D eigenvalue weighted by Gasteiger charge is -2.09. The van der Waals surface area contributed by atoms with Crippen molar-refractivity contribution in [3.8, 4) is 17.2 Å². The van der Waals surface area contributed by atoms with Gasteiger partial charge >= 0.3 is 0 Å². The lowest BCUT2D eigenvalue weighted by Crippen LogP contribution is -2.24. The van der Waals surface area contributed by atoms with Crippen molar-refractivity contribution in [3.63, 3.8) is 0 Å². The number of nitrogens with one attached hydrogen (secondary N) is 1. The highest BCUT2D eigenvalue weighted by atomic mass is 16.7. The molecule has 2 aromatic carbocycles. The molecule has 0 aromatic heterocycles. The number of hydrogen-bond acceptors (Lipinski definition) is 7. The first kappa shape index (κ1) is 17.4. The third-order valence-electron chi connectivity index (χ3n) is 3.93. The molecule has 0 radical (unpaired) electrons. The van der Waals surface area contributed by atoms with Gasteiger partial charge in [0, 0.05) is 11.6 Å². The van der Waals surface area contributed by atoms with E-state index < -0.39 is 5.91 Å². The molecule has 0 fully saturated rings. The van der Waals surface area contributed by atoms with E-state index >= 15 is 0 Å². The number of ether oxygens (including phenoxy) is 3. The third kappa shape index (κ3) is 3.80. The highest BCUT2D eigenvalue weighted by Crippen LogP contribution is 2.37. The molecule has 0 unspecified atom stereocenters. The van der Waals surface area contributed by atoms with Crippen molar-refractivity contribution in [2.24, 2.45) is 10.3 Å². The van der Waals surface area contributed by atoms with Crippen LogP contribution in [0.3, 0.4) is 0 Å². The Bertz CT molecular complexity index is 879. The number of carbonyl (C=O) groups excluding carboxylic acids is 1. The molecule has 1 aliphatic rings. The highest BCUT2D eigenvalue weighted by Gasteiger charge is 2.17. The van der Waals surface area contributed by atoms with Crippen LogP contribution in [-0.2, 0) is 4.79 Å². The molecule has 1 aliphatic heterocycles. The summed E-state index contributed by atoms with van der Waals surface area (Å²) in [5, 5.41) is 6.75. The van der Waals surface area contributed by atoms with E-state index in [4.69, 9.17) is 14.2 Å². The van der Waals surface area contributed by atoms with Crippen molar-refractivity contribution in [2.45, 2.75) is 13.8 Å². The molecular weight excluding hydrogens is 338 g/mol. The fourth-order valence-corrected chi connectivity index (χ4v) is 2.36. The van der Waals surface area contributed by atoms with E-state index in [0.29, 0.717) is 22.8 Å².